The lowest BCUT2D eigenvalue weighted by Gasteiger charge is -2.26. The zero-order valence-electron chi connectivity index (χ0n) is 13.0. The highest BCUT2D eigenvalue weighted by molar-refractivity contribution is 5.35. The molecule has 0 radical (unpaired) electrons. The molecule has 1 aromatic rings. The van der Waals surface area contributed by atoms with Gasteiger partial charge in [0.15, 0.2) is 0 Å². The van der Waals surface area contributed by atoms with Crippen molar-refractivity contribution in [3.8, 4) is 5.75 Å². The van der Waals surface area contributed by atoms with Gasteiger partial charge in [-0.25, -0.2) is 0 Å². The minimum absolute atomic E-state index is 0.547. The van der Waals surface area contributed by atoms with Crippen LogP contribution >= 0.6 is 0 Å². The fourth-order valence-corrected chi connectivity index (χ4v) is 2.50. The number of aryl methyl sites for hydroxylation is 1. The van der Waals surface area contributed by atoms with Gasteiger partial charge < -0.3 is 9.47 Å². The molecule has 112 valence electrons. The first kappa shape index (κ1) is 15.3. The van der Waals surface area contributed by atoms with Gasteiger partial charge in [-0.15, -0.1) is 0 Å². The van der Waals surface area contributed by atoms with Crippen LogP contribution in [0, 0.1) is 6.92 Å². The van der Waals surface area contributed by atoms with Gasteiger partial charge in [-0.3, -0.25) is 4.90 Å². The zero-order valence-corrected chi connectivity index (χ0v) is 13.0. The third-order valence-electron chi connectivity index (χ3n) is 3.73. The summed E-state index contributed by atoms with van der Waals surface area (Å²) in [6.07, 6.45) is 1.07. The van der Waals surface area contributed by atoms with Crippen molar-refractivity contribution in [1.82, 2.24) is 4.90 Å². The molecule has 0 spiro atoms. The Balaban J connectivity index is 1.75. The van der Waals surface area contributed by atoms with E-state index in [1.807, 2.05) is 0 Å². The molecule has 0 aromatic heterocycles. The average molecular weight is 277 g/mol. The summed E-state index contributed by atoms with van der Waals surface area (Å²) in [6, 6.07) is 6.54. The van der Waals surface area contributed by atoms with Crippen molar-refractivity contribution in [2.75, 3.05) is 39.5 Å². The summed E-state index contributed by atoms with van der Waals surface area (Å²) in [4.78, 5) is 2.45. The number of hydrogen-bond acceptors (Lipinski definition) is 3. The van der Waals surface area contributed by atoms with Crippen molar-refractivity contribution >= 4 is 0 Å². The average Bonchev–Trinajstić information content (AvgIpc) is 2.44. The maximum Gasteiger partial charge on any atom is 0.119 e. The van der Waals surface area contributed by atoms with Gasteiger partial charge >= 0.3 is 0 Å². The van der Waals surface area contributed by atoms with Crippen molar-refractivity contribution in [1.29, 1.82) is 0 Å². The molecular formula is C17H27NO2. The molecule has 1 aliphatic heterocycles. The van der Waals surface area contributed by atoms with Gasteiger partial charge in [-0.2, -0.15) is 0 Å². The Morgan fingerprint density at radius 2 is 1.95 bits per heavy atom. The molecule has 1 heterocycles. The molecule has 0 amide bonds. The quantitative estimate of drug-likeness (QED) is 0.745. The Hall–Kier alpha value is -1.06. The lowest BCUT2D eigenvalue weighted by atomic mass is 10.0. The van der Waals surface area contributed by atoms with Gasteiger partial charge in [-0.1, -0.05) is 19.9 Å². The normalized spacial score (nSPS) is 16.6. The standard InChI is InChI=1S/C17H27NO2/c1-14(2)16-11-15(3)12-17(13-16)20-8-4-5-18-6-9-19-10-7-18/h11-14H,4-10H2,1-3H3. The summed E-state index contributed by atoms with van der Waals surface area (Å²) < 4.78 is 11.3. The Kier molecular flexibility index (Phi) is 5.86. The van der Waals surface area contributed by atoms with Gasteiger partial charge in [0.25, 0.3) is 0 Å². The van der Waals surface area contributed by atoms with Crippen LogP contribution in [-0.4, -0.2) is 44.4 Å². The molecular weight excluding hydrogens is 250 g/mol. The number of hydrogen-bond donors (Lipinski definition) is 0. The highest BCUT2D eigenvalue weighted by Gasteiger charge is 2.09. The SMILES string of the molecule is Cc1cc(OCCCN2CCOCC2)cc(C(C)C)c1. The first-order valence-corrected chi connectivity index (χ1v) is 7.69. The minimum atomic E-state index is 0.547. The fraction of sp³-hybridized carbons (Fsp3) is 0.647. The van der Waals surface area contributed by atoms with Crippen molar-refractivity contribution < 1.29 is 9.47 Å². The first-order valence-electron chi connectivity index (χ1n) is 7.69. The highest BCUT2D eigenvalue weighted by atomic mass is 16.5. The Morgan fingerprint density at radius 3 is 2.65 bits per heavy atom. The summed E-state index contributed by atoms with van der Waals surface area (Å²) in [5.74, 6) is 1.56. The molecule has 1 aromatic carbocycles. The summed E-state index contributed by atoms with van der Waals surface area (Å²) >= 11 is 0. The van der Waals surface area contributed by atoms with Crippen LogP contribution in [0.4, 0.5) is 0 Å². The predicted octanol–water partition coefficient (Wildman–Crippen LogP) is 3.22. The van der Waals surface area contributed by atoms with E-state index < -0.39 is 0 Å². The largest absolute Gasteiger partial charge is 0.494 e. The molecule has 0 bridgehead atoms. The van der Waals surface area contributed by atoms with E-state index in [-0.39, 0.29) is 0 Å². The number of benzene rings is 1. The van der Waals surface area contributed by atoms with Crippen molar-refractivity contribution in [3.05, 3.63) is 29.3 Å². The van der Waals surface area contributed by atoms with E-state index in [0.717, 1.165) is 51.6 Å². The Bertz CT molecular complexity index is 411. The molecule has 0 aliphatic carbocycles. The number of ether oxygens (including phenoxy) is 2. The second-order valence-corrected chi connectivity index (χ2v) is 5.89. The van der Waals surface area contributed by atoms with Crippen molar-refractivity contribution in [3.63, 3.8) is 0 Å². The van der Waals surface area contributed by atoms with Crippen LogP contribution in [0.3, 0.4) is 0 Å². The Labute approximate surface area is 122 Å². The van der Waals surface area contributed by atoms with E-state index in [1.165, 1.54) is 11.1 Å². The molecule has 3 nitrogen and oxygen atoms in total. The molecule has 0 atom stereocenters. The smallest absolute Gasteiger partial charge is 0.119 e. The third-order valence-corrected chi connectivity index (χ3v) is 3.73. The van der Waals surface area contributed by atoms with E-state index in [1.54, 1.807) is 0 Å². The number of morpholine rings is 1. The molecule has 20 heavy (non-hydrogen) atoms. The van der Waals surface area contributed by atoms with Crippen LogP contribution in [0.1, 0.15) is 37.3 Å². The Morgan fingerprint density at radius 1 is 1.20 bits per heavy atom. The number of rotatable bonds is 6. The topological polar surface area (TPSA) is 21.7 Å². The molecule has 1 saturated heterocycles. The summed E-state index contributed by atoms with van der Waals surface area (Å²) in [5, 5.41) is 0. The monoisotopic (exact) mass is 277 g/mol. The molecule has 0 unspecified atom stereocenters. The second-order valence-electron chi connectivity index (χ2n) is 5.89. The van der Waals surface area contributed by atoms with Gasteiger partial charge in [-0.05, 0) is 42.5 Å². The maximum atomic E-state index is 5.91. The van der Waals surface area contributed by atoms with Crippen LogP contribution in [0.25, 0.3) is 0 Å². The van der Waals surface area contributed by atoms with Crippen molar-refractivity contribution in [2.45, 2.75) is 33.1 Å². The zero-order chi connectivity index (χ0) is 14.4. The van der Waals surface area contributed by atoms with Crippen LogP contribution < -0.4 is 4.74 Å². The van der Waals surface area contributed by atoms with Crippen LogP contribution in [-0.2, 0) is 4.74 Å². The summed E-state index contributed by atoms with van der Waals surface area (Å²) in [5.41, 5.74) is 2.63. The van der Waals surface area contributed by atoms with Gasteiger partial charge in [0, 0.05) is 19.6 Å². The summed E-state index contributed by atoms with van der Waals surface area (Å²) in [7, 11) is 0. The van der Waals surface area contributed by atoms with Crippen LogP contribution in [0.5, 0.6) is 5.75 Å². The first-order chi connectivity index (χ1) is 9.65. The molecule has 3 heteroatoms. The predicted molar refractivity (Wildman–Crippen MR) is 82.6 cm³/mol. The van der Waals surface area contributed by atoms with E-state index >= 15 is 0 Å². The van der Waals surface area contributed by atoms with Gasteiger partial charge in [0.1, 0.15) is 5.75 Å². The van der Waals surface area contributed by atoms with E-state index in [4.69, 9.17) is 9.47 Å². The summed E-state index contributed by atoms with van der Waals surface area (Å²) in [6.45, 7) is 12.3. The van der Waals surface area contributed by atoms with Crippen LogP contribution in [0.15, 0.2) is 18.2 Å². The third kappa shape index (κ3) is 4.80. The molecule has 1 fully saturated rings. The molecule has 2 rings (SSSR count). The molecule has 1 aliphatic rings. The van der Waals surface area contributed by atoms with Crippen LogP contribution in [0.2, 0.25) is 0 Å². The lowest BCUT2D eigenvalue weighted by Crippen LogP contribution is -2.37. The minimum Gasteiger partial charge on any atom is -0.494 e. The second kappa shape index (κ2) is 7.65. The van der Waals surface area contributed by atoms with E-state index in [2.05, 4.69) is 43.9 Å². The lowest BCUT2D eigenvalue weighted by molar-refractivity contribution is 0.0358. The fourth-order valence-electron chi connectivity index (χ4n) is 2.50. The van der Waals surface area contributed by atoms with Gasteiger partial charge in [0.05, 0.1) is 19.8 Å². The number of nitrogens with zero attached hydrogens (tertiary/aromatic N) is 1. The highest BCUT2D eigenvalue weighted by Crippen LogP contribution is 2.22. The van der Waals surface area contributed by atoms with E-state index in [0.29, 0.717) is 5.92 Å². The molecule has 0 saturated carbocycles. The van der Waals surface area contributed by atoms with Crippen molar-refractivity contribution in [2.24, 2.45) is 0 Å². The van der Waals surface area contributed by atoms with Gasteiger partial charge in [0.2, 0.25) is 0 Å². The molecule has 0 N–H and O–H groups in total. The maximum absolute atomic E-state index is 5.91. The van der Waals surface area contributed by atoms with E-state index in [9.17, 15) is 0 Å².